The fraction of sp³-hybridized carbons (Fsp3) is 0.241. The maximum absolute atomic E-state index is 13.9. The highest BCUT2D eigenvalue weighted by Gasteiger charge is 2.52. The first kappa shape index (κ1) is 28.2. The Kier molecular flexibility index (Phi) is 9.49. The van der Waals surface area contributed by atoms with E-state index in [2.05, 4.69) is 27.8 Å². The van der Waals surface area contributed by atoms with Crippen LogP contribution >= 0.6 is 39.1 Å². The number of nitrogens with one attached hydrogen (secondary N) is 1. The Bertz CT molecular complexity index is 1330. The molecule has 0 saturated carbocycles. The van der Waals surface area contributed by atoms with Crippen molar-refractivity contribution < 1.29 is 19.4 Å². The largest absolute Gasteiger partial charge is 0.494 e. The topological polar surface area (TPSA) is 80.2 Å². The van der Waals surface area contributed by atoms with Gasteiger partial charge in [-0.25, -0.2) is 4.99 Å². The zero-order valence-electron chi connectivity index (χ0n) is 20.5. The van der Waals surface area contributed by atoms with Crippen LogP contribution in [0.15, 0.2) is 88.9 Å². The van der Waals surface area contributed by atoms with Gasteiger partial charge in [0.2, 0.25) is 5.90 Å². The highest BCUT2D eigenvalue weighted by atomic mass is 79.9. The molecule has 198 valence electrons. The predicted molar refractivity (Wildman–Crippen MR) is 154 cm³/mol. The molecule has 6 nitrogen and oxygen atoms in total. The third kappa shape index (κ3) is 6.24. The van der Waals surface area contributed by atoms with Crippen molar-refractivity contribution in [3.05, 3.63) is 111 Å². The molecule has 0 radical (unpaired) electrons. The summed E-state index contributed by atoms with van der Waals surface area (Å²) in [6.45, 7) is 4.58. The fourth-order valence-electron chi connectivity index (χ4n) is 4.19. The van der Waals surface area contributed by atoms with Crippen LogP contribution in [0.4, 0.5) is 0 Å². The maximum Gasteiger partial charge on any atom is 0.252 e. The molecule has 1 heterocycles. The van der Waals surface area contributed by atoms with Gasteiger partial charge in [-0.1, -0.05) is 69.5 Å². The van der Waals surface area contributed by atoms with Gasteiger partial charge in [0.25, 0.3) is 5.91 Å². The minimum atomic E-state index is -1.31. The van der Waals surface area contributed by atoms with E-state index >= 15 is 0 Å². The zero-order valence-corrected chi connectivity index (χ0v) is 23.6. The lowest BCUT2D eigenvalue weighted by atomic mass is 9.84. The van der Waals surface area contributed by atoms with Gasteiger partial charge in [0.05, 0.1) is 6.61 Å². The van der Waals surface area contributed by atoms with Gasteiger partial charge < -0.3 is 19.9 Å². The standard InChI is InChI=1S/C29H27BrCl2N2O4/c1-2-14-29(28(36)33-18-20-8-11-21(31)17-25(20)32)26(23-6-3-4-7-24(23)30)38-27(34-29)19-9-12-22(13-10-19)37-16-5-15-35/h2-4,6-13,17,26,35H,1,5,14-16,18H2,(H,33,36)/t26-,29-/m1/s1. The summed E-state index contributed by atoms with van der Waals surface area (Å²) in [5.74, 6) is 0.690. The van der Waals surface area contributed by atoms with Crippen LogP contribution in [0.5, 0.6) is 5.75 Å². The molecule has 0 unspecified atom stereocenters. The maximum atomic E-state index is 13.9. The smallest absolute Gasteiger partial charge is 0.252 e. The number of aliphatic hydroxyl groups excluding tert-OH is 1. The van der Waals surface area contributed by atoms with Crippen LogP contribution in [0, 0.1) is 0 Å². The number of aliphatic imine (C=N–C) groups is 1. The molecule has 9 heteroatoms. The molecule has 3 aromatic carbocycles. The van der Waals surface area contributed by atoms with E-state index in [-0.39, 0.29) is 25.5 Å². The highest BCUT2D eigenvalue weighted by molar-refractivity contribution is 9.10. The summed E-state index contributed by atoms with van der Waals surface area (Å²) in [5.41, 5.74) is 0.916. The fourth-order valence-corrected chi connectivity index (χ4v) is 5.16. The molecule has 1 aliphatic rings. The molecular formula is C29H27BrCl2N2O4. The van der Waals surface area contributed by atoms with E-state index in [0.717, 1.165) is 15.6 Å². The summed E-state index contributed by atoms with van der Waals surface area (Å²) in [4.78, 5) is 18.8. The van der Waals surface area contributed by atoms with Crippen molar-refractivity contribution >= 4 is 50.9 Å². The number of benzene rings is 3. The molecule has 2 atom stereocenters. The molecule has 2 N–H and O–H groups in total. The molecule has 0 fully saturated rings. The number of hydrogen-bond acceptors (Lipinski definition) is 5. The van der Waals surface area contributed by atoms with Crippen molar-refractivity contribution in [3.8, 4) is 5.75 Å². The van der Waals surface area contributed by atoms with Gasteiger partial charge in [0.15, 0.2) is 11.6 Å². The number of aliphatic hydroxyl groups is 1. The molecule has 3 aromatic rings. The second-order valence-electron chi connectivity index (χ2n) is 8.72. The summed E-state index contributed by atoms with van der Waals surface area (Å²) >= 11 is 16.0. The normalized spacial score (nSPS) is 18.4. The van der Waals surface area contributed by atoms with E-state index in [1.807, 2.05) is 48.5 Å². The van der Waals surface area contributed by atoms with E-state index in [0.29, 0.717) is 40.3 Å². The Morgan fingerprint density at radius 2 is 1.95 bits per heavy atom. The summed E-state index contributed by atoms with van der Waals surface area (Å²) in [5, 5.41) is 12.9. The minimum absolute atomic E-state index is 0.0663. The van der Waals surface area contributed by atoms with Crippen LogP contribution in [0.2, 0.25) is 10.0 Å². The highest BCUT2D eigenvalue weighted by Crippen LogP contribution is 2.44. The van der Waals surface area contributed by atoms with Crippen LogP contribution < -0.4 is 10.1 Å². The third-order valence-electron chi connectivity index (χ3n) is 6.13. The molecular weight excluding hydrogens is 591 g/mol. The van der Waals surface area contributed by atoms with Crippen LogP contribution in [0.1, 0.15) is 35.6 Å². The second-order valence-corrected chi connectivity index (χ2v) is 10.4. The van der Waals surface area contributed by atoms with Crippen molar-refractivity contribution in [2.24, 2.45) is 4.99 Å². The Morgan fingerprint density at radius 3 is 2.63 bits per heavy atom. The number of carbonyl (C=O) groups excluding carboxylic acids is 1. The number of ether oxygens (including phenoxy) is 2. The average molecular weight is 618 g/mol. The van der Waals surface area contributed by atoms with E-state index in [4.69, 9.17) is 42.8 Å². The van der Waals surface area contributed by atoms with Gasteiger partial charge in [-0.05, 0) is 48.0 Å². The van der Waals surface area contributed by atoms with Crippen molar-refractivity contribution in [3.63, 3.8) is 0 Å². The van der Waals surface area contributed by atoms with Gasteiger partial charge in [-0.15, -0.1) is 6.58 Å². The van der Waals surface area contributed by atoms with Gasteiger partial charge >= 0.3 is 0 Å². The Hall–Kier alpha value is -2.84. The van der Waals surface area contributed by atoms with Gasteiger partial charge in [0, 0.05) is 51.6 Å². The first-order valence-corrected chi connectivity index (χ1v) is 13.6. The first-order valence-electron chi connectivity index (χ1n) is 12.1. The first-order chi connectivity index (χ1) is 18.4. The zero-order chi connectivity index (χ0) is 27.1. The number of nitrogens with zero attached hydrogens (tertiary/aromatic N) is 1. The SMILES string of the molecule is C=CC[C@@]1(C(=O)NCc2ccc(Cl)cc2Cl)N=C(c2ccc(OCCCO)cc2)O[C@@H]1c1ccccc1Br. The van der Waals surface area contributed by atoms with Crippen molar-refractivity contribution in [2.75, 3.05) is 13.2 Å². The molecule has 0 aliphatic carbocycles. The number of rotatable bonds is 11. The molecule has 0 saturated heterocycles. The summed E-state index contributed by atoms with van der Waals surface area (Å²) in [6, 6.07) is 20.0. The number of halogens is 3. The van der Waals surface area contributed by atoms with E-state index in [9.17, 15) is 4.79 Å². The molecule has 0 spiro atoms. The lowest BCUT2D eigenvalue weighted by Gasteiger charge is -2.30. The summed E-state index contributed by atoms with van der Waals surface area (Å²) in [6.07, 6.45) is 1.75. The summed E-state index contributed by atoms with van der Waals surface area (Å²) in [7, 11) is 0. The molecule has 0 aromatic heterocycles. The van der Waals surface area contributed by atoms with Gasteiger partial charge in [-0.2, -0.15) is 0 Å². The van der Waals surface area contributed by atoms with Gasteiger partial charge in [0.1, 0.15) is 5.75 Å². The number of hydrogen-bond donors (Lipinski definition) is 2. The second kappa shape index (κ2) is 12.8. The number of amides is 1. The van der Waals surface area contributed by atoms with Crippen LogP contribution in [0.3, 0.4) is 0 Å². The Morgan fingerprint density at radius 1 is 1.18 bits per heavy atom. The lowest BCUT2D eigenvalue weighted by Crippen LogP contribution is -2.47. The van der Waals surface area contributed by atoms with Crippen LogP contribution in [-0.2, 0) is 16.1 Å². The van der Waals surface area contributed by atoms with E-state index < -0.39 is 11.6 Å². The Balaban J connectivity index is 1.68. The number of carbonyl (C=O) groups is 1. The third-order valence-corrected chi connectivity index (χ3v) is 7.44. The molecule has 1 amide bonds. The molecule has 1 aliphatic heterocycles. The summed E-state index contributed by atoms with van der Waals surface area (Å²) < 4.78 is 12.9. The molecule has 0 bridgehead atoms. The predicted octanol–water partition coefficient (Wildman–Crippen LogP) is 6.67. The minimum Gasteiger partial charge on any atom is -0.494 e. The average Bonchev–Trinajstić information content (AvgIpc) is 3.29. The van der Waals surface area contributed by atoms with Gasteiger partial charge in [-0.3, -0.25) is 4.79 Å². The molecule has 38 heavy (non-hydrogen) atoms. The van der Waals surface area contributed by atoms with Crippen LogP contribution in [-0.4, -0.2) is 35.7 Å². The van der Waals surface area contributed by atoms with E-state index in [1.165, 1.54) is 0 Å². The van der Waals surface area contributed by atoms with Crippen molar-refractivity contribution in [1.29, 1.82) is 0 Å². The van der Waals surface area contributed by atoms with Crippen molar-refractivity contribution in [1.82, 2.24) is 5.32 Å². The lowest BCUT2D eigenvalue weighted by molar-refractivity contribution is -0.129. The Labute approximate surface area is 240 Å². The van der Waals surface area contributed by atoms with Crippen molar-refractivity contribution in [2.45, 2.75) is 31.0 Å². The molecule has 4 rings (SSSR count). The quantitative estimate of drug-likeness (QED) is 0.186. The monoisotopic (exact) mass is 616 g/mol. The van der Waals surface area contributed by atoms with Crippen LogP contribution in [0.25, 0.3) is 0 Å². The van der Waals surface area contributed by atoms with E-state index in [1.54, 1.807) is 24.3 Å².